The maximum absolute atomic E-state index is 12.5. The molecule has 7 heteroatoms. The lowest BCUT2D eigenvalue weighted by atomic mass is 9.72. The largest absolute Gasteiger partial charge is 0.326 e. The summed E-state index contributed by atoms with van der Waals surface area (Å²) in [7, 11) is 0. The number of hydrogen-bond donors (Lipinski definition) is 3. The van der Waals surface area contributed by atoms with Gasteiger partial charge in [0, 0.05) is 30.8 Å². The fourth-order valence-electron chi connectivity index (χ4n) is 3.68. The molecule has 3 rings (SSSR count). The molecule has 3 N–H and O–H groups in total. The van der Waals surface area contributed by atoms with Gasteiger partial charge in [0.25, 0.3) is 0 Å². The summed E-state index contributed by atoms with van der Waals surface area (Å²) < 4.78 is 0. The number of anilines is 2. The van der Waals surface area contributed by atoms with Crippen LogP contribution < -0.4 is 16.0 Å². The van der Waals surface area contributed by atoms with E-state index in [1.165, 1.54) is 13.0 Å². The standard InChI is InChI=1S/C24H25N3O4/c1-3-24(15-14-22(30)27-23(24)31)18-7-11-20(12-8-18)26-21(29)13-6-17-4-9-19(10-5-17)25-16(2)28/h4-13H,3,14-15H2,1-2H3,(H,25,28)(H,26,29)(H,27,30,31)/b13-6+. The minimum atomic E-state index is -0.722. The van der Waals surface area contributed by atoms with Crippen molar-refractivity contribution in [2.45, 2.75) is 38.5 Å². The number of carbonyl (C=O) groups excluding carboxylic acids is 4. The fraction of sp³-hybridized carbons (Fsp3) is 0.250. The first kappa shape index (κ1) is 22.0. The zero-order chi connectivity index (χ0) is 22.4. The quantitative estimate of drug-likeness (QED) is 0.493. The van der Waals surface area contributed by atoms with E-state index in [0.717, 1.165) is 11.1 Å². The highest BCUT2D eigenvalue weighted by molar-refractivity contribution is 6.04. The summed E-state index contributed by atoms with van der Waals surface area (Å²) in [4.78, 5) is 47.3. The van der Waals surface area contributed by atoms with Gasteiger partial charge in [-0.25, -0.2) is 0 Å². The predicted octanol–water partition coefficient (Wildman–Crippen LogP) is 3.38. The highest BCUT2D eigenvalue weighted by atomic mass is 16.2. The van der Waals surface area contributed by atoms with Gasteiger partial charge in [-0.05, 0) is 54.3 Å². The minimum Gasteiger partial charge on any atom is -0.326 e. The highest BCUT2D eigenvalue weighted by Crippen LogP contribution is 2.36. The van der Waals surface area contributed by atoms with E-state index in [4.69, 9.17) is 0 Å². The van der Waals surface area contributed by atoms with Crippen LogP contribution in [0.5, 0.6) is 0 Å². The third-order valence-corrected chi connectivity index (χ3v) is 5.43. The smallest absolute Gasteiger partial charge is 0.248 e. The summed E-state index contributed by atoms with van der Waals surface area (Å²) in [5.41, 5.74) is 2.22. The summed E-state index contributed by atoms with van der Waals surface area (Å²) in [5, 5.41) is 7.91. The van der Waals surface area contributed by atoms with Crippen LogP contribution in [0.1, 0.15) is 44.2 Å². The average Bonchev–Trinajstić information content (AvgIpc) is 2.74. The van der Waals surface area contributed by atoms with Crippen LogP contribution >= 0.6 is 0 Å². The van der Waals surface area contributed by atoms with Gasteiger partial charge < -0.3 is 10.6 Å². The van der Waals surface area contributed by atoms with E-state index in [1.807, 2.05) is 19.1 Å². The van der Waals surface area contributed by atoms with Crippen LogP contribution in [0.2, 0.25) is 0 Å². The topological polar surface area (TPSA) is 104 Å². The van der Waals surface area contributed by atoms with Crippen molar-refractivity contribution in [1.29, 1.82) is 0 Å². The molecule has 0 saturated carbocycles. The molecule has 1 aliphatic heterocycles. The lowest BCUT2D eigenvalue weighted by Crippen LogP contribution is -2.51. The molecule has 0 radical (unpaired) electrons. The Labute approximate surface area is 180 Å². The van der Waals surface area contributed by atoms with Gasteiger partial charge in [-0.1, -0.05) is 31.2 Å². The summed E-state index contributed by atoms with van der Waals surface area (Å²) in [6.07, 6.45) is 4.48. The lowest BCUT2D eigenvalue weighted by Gasteiger charge is -2.35. The molecule has 0 bridgehead atoms. The van der Waals surface area contributed by atoms with E-state index in [1.54, 1.807) is 42.5 Å². The number of hydrogen-bond acceptors (Lipinski definition) is 4. The van der Waals surface area contributed by atoms with Crippen molar-refractivity contribution in [1.82, 2.24) is 5.32 Å². The van der Waals surface area contributed by atoms with Crippen LogP contribution in [0.3, 0.4) is 0 Å². The molecule has 1 atom stereocenters. The van der Waals surface area contributed by atoms with Crippen LogP contribution in [-0.4, -0.2) is 23.6 Å². The van der Waals surface area contributed by atoms with Gasteiger partial charge >= 0.3 is 0 Å². The molecule has 2 aromatic carbocycles. The highest BCUT2D eigenvalue weighted by Gasteiger charge is 2.42. The molecular weight excluding hydrogens is 394 g/mol. The third kappa shape index (κ3) is 5.25. The van der Waals surface area contributed by atoms with E-state index < -0.39 is 5.41 Å². The Morgan fingerprint density at radius 2 is 1.61 bits per heavy atom. The Morgan fingerprint density at radius 3 is 2.19 bits per heavy atom. The summed E-state index contributed by atoms with van der Waals surface area (Å²) in [6.45, 7) is 3.37. The SMILES string of the molecule is CCC1(c2ccc(NC(=O)/C=C/c3ccc(NC(C)=O)cc3)cc2)CCC(=O)NC1=O. The number of benzene rings is 2. The molecular formula is C24H25N3O4. The lowest BCUT2D eigenvalue weighted by molar-refractivity contribution is -0.138. The monoisotopic (exact) mass is 419 g/mol. The number of amides is 4. The molecule has 1 fully saturated rings. The van der Waals surface area contributed by atoms with Gasteiger partial charge in [0.1, 0.15) is 0 Å². The van der Waals surface area contributed by atoms with Crippen molar-refractivity contribution in [3.05, 3.63) is 65.7 Å². The van der Waals surface area contributed by atoms with Gasteiger partial charge in [-0.3, -0.25) is 24.5 Å². The van der Waals surface area contributed by atoms with E-state index >= 15 is 0 Å². The third-order valence-electron chi connectivity index (χ3n) is 5.43. The molecule has 7 nitrogen and oxygen atoms in total. The maximum atomic E-state index is 12.5. The Hall–Kier alpha value is -3.74. The molecule has 31 heavy (non-hydrogen) atoms. The van der Waals surface area contributed by atoms with Gasteiger partial charge in [-0.2, -0.15) is 0 Å². The second-order valence-electron chi connectivity index (χ2n) is 7.52. The number of piperidine rings is 1. The Kier molecular flexibility index (Phi) is 6.65. The van der Waals surface area contributed by atoms with Crippen molar-refractivity contribution in [3.8, 4) is 0 Å². The molecule has 1 aliphatic rings. The molecule has 0 spiro atoms. The molecule has 0 aromatic heterocycles. The number of nitrogens with one attached hydrogen (secondary N) is 3. The van der Waals surface area contributed by atoms with Crippen LogP contribution in [-0.2, 0) is 24.6 Å². The summed E-state index contributed by atoms with van der Waals surface area (Å²) in [5.74, 6) is -0.939. The van der Waals surface area contributed by atoms with Crippen molar-refractivity contribution in [2.75, 3.05) is 10.6 Å². The van der Waals surface area contributed by atoms with Crippen LogP contribution in [0.25, 0.3) is 6.08 Å². The number of imide groups is 1. The number of rotatable bonds is 6. The summed E-state index contributed by atoms with van der Waals surface area (Å²) in [6, 6.07) is 14.3. The summed E-state index contributed by atoms with van der Waals surface area (Å²) >= 11 is 0. The fourth-order valence-corrected chi connectivity index (χ4v) is 3.68. The Morgan fingerprint density at radius 1 is 1.00 bits per heavy atom. The van der Waals surface area contributed by atoms with E-state index in [-0.39, 0.29) is 23.6 Å². The average molecular weight is 419 g/mol. The van der Waals surface area contributed by atoms with Gasteiger partial charge in [-0.15, -0.1) is 0 Å². The van der Waals surface area contributed by atoms with Gasteiger partial charge in [0.15, 0.2) is 0 Å². The number of carbonyl (C=O) groups is 4. The molecule has 1 saturated heterocycles. The predicted molar refractivity (Wildman–Crippen MR) is 119 cm³/mol. The van der Waals surface area contributed by atoms with Crippen molar-refractivity contribution in [2.24, 2.45) is 0 Å². The normalized spacial score (nSPS) is 18.5. The van der Waals surface area contributed by atoms with Crippen LogP contribution in [0.4, 0.5) is 11.4 Å². The zero-order valence-corrected chi connectivity index (χ0v) is 17.5. The van der Waals surface area contributed by atoms with Gasteiger partial charge in [0.05, 0.1) is 5.41 Å². The second kappa shape index (κ2) is 9.38. The van der Waals surface area contributed by atoms with Crippen LogP contribution in [0, 0.1) is 0 Å². The molecule has 2 aromatic rings. The first-order chi connectivity index (χ1) is 14.8. The molecule has 1 heterocycles. The van der Waals surface area contributed by atoms with E-state index in [9.17, 15) is 19.2 Å². The van der Waals surface area contributed by atoms with Gasteiger partial charge in [0.2, 0.25) is 23.6 Å². The molecule has 4 amide bonds. The minimum absolute atomic E-state index is 0.142. The molecule has 1 unspecified atom stereocenters. The first-order valence-electron chi connectivity index (χ1n) is 10.1. The maximum Gasteiger partial charge on any atom is 0.248 e. The van der Waals surface area contributed by atoms with E-state index in [0.29, 0.717) is 30.6 Å². The Bertz CT molecular complexity index is 1030. The first-order valence-corrected chi connectivity index (χ1v) is 10.1. The van der Waals surface area contributed by atoms with E-state index in [2.05, 4.69) is 16.0 Å². The molecule has 0 aliphatic carbocycles. The van der Waals surface area contributed by atoms with Crippen molar-refractivity contribution >= 4 is 41.1 Å². The Balaban J connectivity index is 1.63. The van der Waals surface area contributed by atoms with Crippen molar-refractivity contribution in [3.63, 3.8) is 0 Å². The van der Waals surface area contributed by atoms with Crippen molar-refractivity contribution < 1.29 is 19.2 Å². The second-order valence-corrected chi connectivity index (χ2v) is 7.52. The van der Waals surface area contributed by atoms with Crippen LogP contribution in [0.15, 0.2) is 54.6 Å². The molecule has 160 valence electrons. The zero-order valence-electron chi connectivity index (χ0n) is 17.5.